The van der Waals surface area contributed by atoms with Crippen LogP contribution in [-0.2, 0) is 9.53 Å². The maximum atomic E-state index is 11.9. The summed E-state index contributed by atoms with van der Waals surface area (Å²) in [7, 11) is 1.79. The van der Waals surface area contributed by atoms with Crippen molar-refractivity contribution < 1.29 is 9.53 Å². The zero-order chi connectivity index (χ0) is 12.8. The maximum absolute atomic E-state index is 11.9. The Hall–Kier alpha value is -0.570. The van der Waals surface area contributed by atoms with Crippen LogP contribution >= 0.6 is 0 Å². The summed E-state index contributed by atoms with van der Waals surface area (Å²) >= 11 is 0. The molecule has 17 heavy (non-hydrogen) atoms. The number of hydrogen-bond acceptors (Lipinski definition) is 3. The molecule has 0 aromatic heterocycles. The molecule has 3 heteroatoms. The summed E-state index contributed by atoms with van der Waals surface area (Å²) < 4.78 is 5.74. The van der Waals surface area contributed by atoms with Gasteiger partial charge in [-0.1, -0.05) is 20.8 Å². The number of ether oxygens (including phenoxy) is 1. The van der Waals surface area contributed by atoms with E-state index in [1.165, 1.54) is 12.8 Å². The first-order chi connectivity index (χ1) is 7.83. The van der Waals surface area contributed by atoms with Gasteiger partial charge in [0.1, 0.15) is 12.1 Å². The predicted molar refractivity (Wildman–Crippen MR) is 67.6 cm³/mol. The van der Waals surface area contributed by atoms with Crippen molar-refractivity contribution in [3.8, 4) is 0 Å². The minimum atomic E-state index is -0.208. The minimum absolute atomic E-state index is 0.109. The molecule has 0 aliphatic heterocycles. The number of hydrogen-bond donors (Lipinski definition) is 1. The van der Waals surface area contributed by atoms with Crippen molar-refractivity contribution in [3.05, 3.63) is 0 Å². The topological polar surface area (TPSA) is 38.3 Å². The first-order valence-electron chi connectivity index (χ1n) is 6.70. The molecular formula is C14H25NO2. The van der Waals surface area contributed by atoms with Crippen molar-refractivity contribution in [1.82, 2.24) is 5.32 Å². The Morgan fingerprint density at radius 2 is 2.06 bits per heavy atom. The maximum Gasteiger partial charge on any atom is 0.323 e. The van der Waals surface area contributed by atoms with E-state index in [1.54, 1.807) is 7.05 Å². The molecule has 4 atom stereocenters. The second-order valence-electron chi connectivity index (χ2n) is 6.55. The van der Waals surface area contributed by atoms with Gasteiger partial charge in [-0.25, -0.2) is 0 Å². The molecule has 2 rings (SSSR count). The van der Waals surface area contributed by atoms with Crippen LogP contribution in [0.2, 0.25) is 0 Å². The highest BCUT2D eigenvalue weighted by molar-refractivity contribution is 5.75. The molecule has 3 nitrogen and oxygen atoms in total. The number of likely N-dealkylation sites (N-methyl/N-ethyl adjacent to an activating group) is 1. The van der Waals surface area contributed by atoms with E-state index in [0.717, 1.165) is 12.3 Å². The third-order valence-electron chi connectivity index (χ3n) is 5.76. The Morgan fingerprint density at radius 3 is 2.47 bits per heavy atom. The summed E-state index contributed by atoms with van der Waals surface area (Å²) in [5.74, 6) is 0.609. The van der Waals surface area contributed by atoms with Gasteiger partial charge in [0.05, 0.1) is 0 Å². The highest BCUT2D eigenvalue weighted by Crippen LogP contribution is 2.66. The zero-order valence-electron chi connectivity index (χ0n) is 11.7. The van der Waals surface area contributed by atoms with Crippen LogP contribution in [0.3, 0.4) is 0 Å². The second kappa shape index (κ2) is 3.98. The molecule has 2 fully saturated rings. The Labute approximate surface area is 104 Å². The van der Waals surface area contributed by atoms with E-state index < -0.39 is 0 Å². The van der Waals surface area contributed by atoms with E-state index in [9.17, 15) is 4.79 Å². The quantitative estimate of drug-likeness (QED) is 0.768. The van der Waals surface area contributed by atoms with Gasteiger partial charge in [0, 0.05) is 5.41 Å². The van der Waals surface area contributed by atoms with Crippen molar-refractivity contribution in [3.63, 3.8) is 0 Å². The first kappa shape index (κ1) is 12.9. The lowest BCUT2D eigenvalue weighted by molar-refractivity contribution is -0.158. The summed E-state index contributed by atoms with van der Waals surface area (Å²) in [6.07, 6.45) is 3.64. The van der Waals surface area contributed by atoms with Gasteiger partial charge in [-0.3, -0.25) is 4.79 Å². The van der Waals surface area contributed by atoms with Crippen LogP contribution in [0.1, 0.15) is 47.0 Å². The predicted octanol–water partition coefficient (Wildman–Crippen LogP) is 2.35. The normalized spacial score (nSPS) is 40.3. The SMILES string of the molecule is CNC(C)C(=O)OC1CC2CCC1(C)C2(C)C. The third-order valence-corrected chi connectivity index (χ3v) is 5.76. The van der Waals surface area contributed by atoms with E-state index in [1.807, 2.05) is 6.92 Å². The van der Waals surface area contributed by atoms with E-state index in [4.69, 9.17) is 4.74 Å². The summed E-state index contributed by atoms with van der Waals surface area (Å²) in [4.78, 5) is 11.9. The molecule has 1 N–H and O–H groups in total. The highest BCUT2D eigenvalue weighted by atomic mass is 16.5. The molecule has 2 aliphatic carbocycles. The van der Waals surface area contributed by atoms with Gasteiger partial charge >= 0.3 is 5.97 Å². The van der Waals surface area contributed by atoms with Crippen LogP contribution in [0.4, 0.5) is 0 Å². The van der Waals surface area contributed by atoms with Crippen molar-refractivity contribution >= 4 is 5.97 Å². The van der Waals surface area contributed by atoms with Crippen LogP contribution < -0.4 is 5.32 Å². The Bertz CT molecular complexity index is 326. The summed E-state index contributed by atoms with van der Waals surface area (Å²) in [6.45, 7) is 8.81. The third kappa shape index (κ3) is 1.70. The van der Waals surface area contributed by atoms with E-state index >= 15 is 0 Å². The summed E-state index contributed by atoms with van der Waals surface area (Å²) in [5.41, 5.74) is 0.474. The highest BCUT2D eigenvalue weighted by Gasteiger charge is 2.62. The number of rotatable bonds is 3. The molecule has 2 aliphatic rings. The Morgan fingerprint density at radius 1 is 1.41 bits per heavy atom. The van der Waals surface area contributed by atoms with E-state index in [2.05, 4.69) is 26.1 Å². The molecule has 2 bridgehead atoms. The molecule has 0 spiro atoms. The van der Waals surface area contributed by atoms with Crippen molar-refractivity contribution in [2.24, 2.45) is 16.7 Å². The summed E-state index contributed by atoms with van der Waals surface area (Å²) in [5, 5.41) is 2.94. The van der Waals surface area contributed by atoms with Crippen molar-refractivity contribution in [1.29, 1.82) is 0 Å². The fourth-order valence-corrected chi connectivity index (χ4v) is 3.67. The van der Waals surface area contributed by atoms with Gasteiger partial charge in [-0.2, -0.15) is 0 Å². The molecule has 0 aromatic rings. The van der Waals surface area contributed by atoms with Crippen LogP contribution in [0.25, 0.3) is 0 Å². The standard InChI is InChI=1S/C14H25NO2/c1-9(15-5)12(16)17-11-8-10-6-7-14(11,4)13(10,2)3/h9-11,15H,6-8H2,1-5H3. The number of carbonyl (C=O) groups excluding carboxylic acids is 1. The van der Waals surface area contributed by atoms with Gasteiger partial charge in [-0.05, 0) is 44.6 Å². The fourth-order valence-electron chi connectivity index (χ4n) is 3.67. The monoisotopic (exact) mass is 239 g/mol. The lowest BCUT2D eigenvalue weighted by Gasteiger charge is -2.38. The van der Waals surface area contributed by atoms with Gasteiger partial charge in [0.25, 0.3) is 0 Å². The average molecular weight is 239 g/mol. The van der Waals surface area contributed by atoms with Gasteiger partial charge in [0.2, 0.25) is 0 Å². The molecule has 2 saturated carbocycles. The van der Waals surface area contributed by atoms with Crippen LogP contribution in [0.15, 0.2) is 0 Å². The molecule has 0 radical (unpaired) electrons. The average Bonchev–Trinajstić information content (AvgIpc) is 2.60. The molecule has 0 heterocycles. The minimum Gasteiger partial charge on any atom is -0.461 e. The van der Waals surface area contributed by atoms with Crippen molar-refractivity contribution in [2.75, 3.05) is 7.05 Å². The van der Waals surface area contributed by atoms with Gasteiger partial charge in [-0.15, -0.1) is 0 Å². The smallest absolute Gasteiger partial charge is 0.323 e. The Kier molecular flexibility index (Phi) is 3.01. The van der Waals surface area contributed by atoms with Crippen molar-refractivity contribution in [2.45, 2.75) is 59.1 Å². The number of nitrogens with one attached hydrogen (secondary N) is 1. The largest absolute Gasteiger partial charge is 0.461 e. The lowest BCUT2D eigenvalue weighted by atomic mass is 9.70. The summed E-state index contributed by atoms with van der Waals surface area (Å²) in [6, 6.07) is -0.208. The van der Waals surface area contributed by atoms with Crippen LogP contribution in [0, 0.1) is 16.7 Å². The zero-order valence-corrected chi connectivity index (χ0v) is 11.7. The molecule has 98 valence electrons. The van der Waals surface area contributed by atoms with Gasteiger partial charge < -0.3 is 10.1 Å². The Balaban J connectivity index is 2.08. The molecule has 4 unspecified atom stereocenters. The number of carbonyl (C=O) groups is 1. The van der Waals surface area contributed by atoms with Gasteiger partial charge in [0.15, 0.2) is 0 Å². The van der Waals surface area contributed by atoms with Crippen LogP contribution in [-0.4, -0.2) is 25.2 Å². The van der Waals surface area contributed by atoms with E-state index in [-0.39, 0.29) is 23.5 Å². The van der Waals surface area contributed by atoms with E-state index in [0.29, 0.717) is 5.41 Å². The second-order valence-corrected chi connectivity index (χ2v) is 6.55. The lowest BCUT2D eigenvalue weighted by Crippen LogP contribution is -2.42. The van der Waals surface area contributed by atoms with Crippen LogP contribution in [0.5, 0.6) is 0 Å². The molecule has 0 saturated heterocycles. The molecular weight excluding hydrogens is 214 g/mol. The molecule has 0 aromatic carbocycles. The number of fused-ring (bicyclic) bond motifs is 2. The first-order valence-corrected chi connectivity index (χ1v) is 6.70. The number of esters is 1. The molecule has 0 amide bonds. The fraction of sp³-hybridized carbons (Fsp3) is 0.929.